The average molecular weight is 425 g/mol. The van der Waals surface area contributed by atoms with E-state index >= 15 is 0 Å². The largest absolute Gasteiger partial charge is 0.457 e. The molecule has 8 heteroatoms. The van der Waals surface area contributed by atoms with Crippen LogP contribution in [0.2, 0.25) is 0 Å². The quantitative estimate of drug-likeness (QED) is 0.534. The third-order valence-electron chi connectivity index (χ3n) is 6.72. The number of hydrogen-bond donors (Lipinski definition) is 1. The molecule has 3 unspecified atom stereocenters. The number of Topliss-reactive ketones (excluding diaryl/α,β-unsaturated/α-hetero) is 1. The Labute approximate surface area is 179 Å². The van der Waals surface area contributed by atoms with E-state index < -0.39 is 29.6 Å². The summed E-state index contributed by atoms with van der Waals surface area (Å²) in [6, 6.07) is 9.11. The van der Waals surface area contributed by atoms with Gasteiger partial charge in [-0.2, -0.15) is 0 Å². The Morgan fingerprint density at radius 2 is 1.87 bits per heavy atom. The normalized spacial score (nSPS) is 21.9. The summed E-state index contributed by atoms with van der Waals surface area (Å²) < 4.78 is 7.22. The monoisotopic (exact) mass is 425 g/mol. The van der Waals surface area contributed by atoms with Gasteiger partial charge in [0.25, 0.3) is 5.56 Å². The van der Waals surface area contributed by atoms with Crippen LogP contribution in [0.15, 0.2) is 39.9 Å². The van der Waals surface area contributed by atoms with Crippen LogP contribution >= 0.6 is 0 Å². The van der Waals surface area contributed by atoms with Crippen molar-refractivity contribution in [3.63, 3.8) is 0 Å². The van der Waals surface area contributed by atoms with E-state index in [1.165, 1.54) is 24.5 Å². The van der Waals surface area contributed by atoms with Crippen LogP contribution in [-0.4, -0.2) is 27.5 Å². The van der Waals surface area contributed by atoms with Gasteiger partial charge in [-0.25, -0.2) is 4.79 Å². The molecule has 0 saturated heterocycles. The van der Waals surface area contributed by atoms with Gasteiger partial charge in [0.1, 0.15) is 11.4 Å². The van der Waals surface area contributed by atoms with Gasteiger partial charge in [-0.15, -0.1) is 0 Å². The van der Waals surface area contributed by atoms with Gasteiger partial charge in [0.05, 0.1) is 6.54 Å². The molecule has 2 N–H and O–H groups in total. The molecule has 1 aromatic heterocycles. The Bertz CT molecular complexity index is 1120. The summed E-state index contributed by atoms with van der Waals surface area (Å²) in [6.07, 6.45) is 4.94. The molecule has 8 nitrogen and oxygen atoms in total. The van der Waals surface area contributed by atoms with Crippen LogP contribution in [0, 0.1) is 17.8 Å². The molecule has 0 spiro atoms. The van der Waals surface area contributed by atoms with E-state index in [-0.39, 0.29) is 17.9 Å². The van der Waals surface area contributed by atoms with E-state index in [9.17, 15) is 19.2 Å². The lowest BCUT2D eigenvalue weighted by atomic mass is 9.86. The molecule has 2 fully saturated rings. The predicted molar refractivity (Wildman–Crippen MR) is 115 cm³/mol. The fraction of sp³-hybridized carbons (Fsp3) is 0.478. The van der Waals surface area contributed by atoms with Gasteiger partial charge < -0.3 is 10.5 Å². The number of nitrogens with two attached hydrogens (primary N) is 1. The molecular weight excluding hydrogens is 398 g/mol. The van der Waals surface area contributed by atoms with E-state index in [1.54, 1.807) is 0 Å². The fourth-order valence-corrected chi connectivity index (χ4v) is 5.08. The number of fused-ring (bicyclic) bond motifs is 2. The van der Waals surface area contributed by atoms with Crippen molar-refractivity contribution in [2.75, 3.05) is 12.3 Å². The van der Waals surface area contributed by atoms with Crippen molar-refractivity contribution in [1.29, 1.82) is 0 Å². The highest BCUT2D eigenvalue weighted by molar-refractivity contribution is 6.01. The van der Waals surface area contributed by atoms with Crippen molar-refractivity contribution < 1.29 is 14.3 Å². The van der Waals surface area contributed by atoms with Crippen LogP contribution in [0.3, 0.4) is 0 Å². The molecule has 3 atom stereocenters. The number of esters is 1. The van der Waals surface area contributed by atoms with E-state index in [2.05, 4.69) is 0 Å². The van der Waals surface area contributed by atoms with Gasteiger partial charge in [-0.3, -0.25) is 23.5 Å². The maximum atomic E-state index is 12.7. The Morgan fingerprint density at radius 1 is 1.13 bits per heavy atom. The zero-order valence-corrected chi connectivity index (χ0v) is 17.6. The number of carbonyl (C=O) groups excluding carboxylic acids is 2. The topological polar surface area (TPSA) is 113 Å². The maximum absolute atomic E-state index is 12.7. The molecular formula is C23H27N3O5. The summed E-state index contributed by atoms with van der Waals surface area (Å²) >= 11 is 0. The standard InChI is InChI=1S/C23H27N3O5/c1-25-22(29)20(21(24)26(23(25)30)12-14-5-3-2-4-6-14)18(27)13-31-19(28)11-17-10-15-7-8-16(17)9-15/h2-6,15-17H,7-13,24H2,1H3. The number of ketones is 1. The first-order valence-corrected chi connectivity index (χ1v) is 10.7. The molecule has 0 radical (unpaired) electrons. The molecule has 2 aliphatic carbocycles. The van der Waals surface area contributed by atoms with E-state index in [0.717, 1.165) is 28.9 Å². The summed E-state index contributed by atoms with van der Waals surface area (Å²) in [5, 5.41) is 0. The molecule has 2 bridgehead atoms. The summed E-state index contributed by atoms with van der Waals surface area (Å²) in [5.41, 5.74) is 5.13. The van der Waals surface area contributed by atoms with Crippen LogP contribution in [-0.2, 0) is 23.1 Å². The third kappa shape index (κ3) is 4.19. The molecule has 2 saturated carbocycles. The summed E-state index contributed by atoms with van der Waals surface area (Å²) in [5.74, 6) is 0.272. The number of rotatable bonds is 7. The number of nitrogens with zero attached hydrogens (tertiary/aromatic N) is 2. The van der Waals surface area contributed by atoms with Crippen LogP contribution in [0.25, 0.3) is 0 Å². The number of nitrogen functional groups attached to an aromatic ring is 1. The number of anilines is 1. The number of hydrogen-bond acceptors (Lipinski definition) is 6. The number of benzene rings is 1. The summed E-state index contributed by atoms with van der Waals surface area (Å²) in [6.45, 7) is -0.452. The highest BCUT2D eigenvalue weighted by Gasteiger charge is 2.40. The van der Waals surface area contributed by atoms with E-state index in [4.69, 9.17) is 10.5 Å². The molecule has 0 amide bonds. The number of ether oxygens (including phenoxy) is 1. The summed E-state index contributed by atoms with van der Waals surface area (Å²) in [4.78, 5) is 50.1. The van der Waals surface area contributed by atoms with Crippen molar-refractivity contribution >= 4 is 17.6 Å². The molecule has 31 heavy (non-hydrogen) atoms. The lowest BCUT2D eigenvalue weighted by molar-refractivity contribution is -0.144. The summed E-state index contributed by atoms with van der Waals surface area (Å²) in [7, 11) is 1.30. The third-order valence-corrected chi connectivity index (χ3v) is 6.72. The van der Waals surface area contributed by atoms with Crippen molar-refractivity contribution in [2.24, 2.45) is 24.8 Å². The lowest BCUT2D eigenvalue weighted by Gasteiger charge is -2.20. The molecule has 1 aromatic carbocycles. The zero-order chi connectivity index (χ0) is 22.1. The fourth-order valence-electron chi connectivity index (χ4n) is 5.08. The minimum absolute atomic E-state index is 0.115. The van der Waals surface area contributed by atoms with Gasteiger partial charge in [-0.05, 0) is 42.6 Å². The van der Waals surface area contributed by atoms with Crippen LogP contribution in [0.5, 0.6) is 0 Å². The Hall–Kier alpha value is -3.16. The zero-order valence-electron chi connectivity index (χ0n) is 17.6. The Morgan fingerprint density at radius 3 is 2.52 bits per heavy atom. The molecule has 4 rings (SSSR count). The van der Waals surface area contributed by atoms with Gasteiger partial charge in [-0.1, -0.05) is 36.8 Å². The second-order valence-electron chi connectivity index (χ2n) is 8.70. The first kappa shape index (κ1) is 21.1. The number of aromatic nitrogens is 2. The minimum Gasteiger partial charge on any atom is -0.457 e. The average Bonchev–Trinajstić information content (AvgIpc) is 3.38. The Balaban J connectivity index is 1.48. The Kier molecular flexibility index (Phi) is 5.80. The van der Waals surface area contributed by atoms with Crippen LogP contribution in [0.4, 0.5) is 5.82 Å². The second-order valence-corrected chi connectivity index (χ2v) is 8.70. The molecule has 1 heterocycles. The number of carbonyl (C=O) groups is 2. The predicted octanol–water partition coefficient (Wildman–Crippen LogP) is 1.73. The minimum atomic E-state index is -0.791. The SMILES string of the molecule is Cn1c(=O)c(C(=O)COC(=O)CC2CC3CCC2C3)c(N)n(Cc2ccccc2)c1=O. The van der Waals surface area contributed by atoms with Gasteiger partial charge in [0.15, 0.2) is 6.61 Å². The molecule has 2 aliphatic rings. The van der Waals surface area contributed by atoms with Gasteiger partial charge in [0, 0.05) is 13.5 Å². The van der Waals surface area contributed by atoms with Crippen LogP contribution < -0.4 is 17.0 Å². The lowest BCUT2D eigenvalue weighted by Crippen LogP contribution is -2.43. The van der Waals surface area contributed by atoms with Crippen molar-refractivity contribution in [1.82, 2.24) is 9.13 Å². The van der Waals surface area contributed by atoms with Crippen molar-refractivity contribution in [3.05, 3.63) is 62.3 Å². The van der Waals surface area contributed by atoms with Crippen LogP contribution in [0.1, 0.15) is 48.0 Å². The van der Waals surface area contributed by atoms with Gasteiger partial charge >= 0.3 is 11.7 Å². The van der Waals surface area contributed by atoms with Crippen molar-refractivity contribution in [2.45, 2.75) is 38.6 Å². The van der Waals surface area contributed by atoms with Crippen molar-refractivity contribution in [3.8, 4) is 0 Å². The second kappa shape index (κ2) is 8.53. The van der Waals surface area contributed by atoms with E-state index in [0.29, 0.717) is 18.3 Å². The highest BCUT2D eigenvalue weighted by atomic mass is 16.5. The maximum Gasteiger partial charge on any atom is 0.332 e. The highest BCUT2D eigenvalue weighted by Crippen LogP contribution is 2.49. The molecule has 164 valence electrons. The first-order valence-electron chi connectivity index (χ1n) is 10.7. The molecule has 0 aliphatic heterocycles. The smallest absolute Gasteiger partial charge is 0.332 e. The molecule has 2 aromatic rings. The van der Waals surface area contributed by atoms with E-state index in [1.807, 2.05) is 30.3 Å². The van der Waals surface area contributed by atoms with Gasteiger partial charge in [0.2, 0.25) is 5.78 Å². The first-order chi connectivity index (χ1) is 14.8.